The van der Waals surface area contributed by atoms with E-state index in [9.17, 15) is 22.8 Å². The van der Waals surface area contributed by atoms with Gasteiger partial charge in [-0.3, -0.25) is 9.59 Å². The summed E-state index contributed by atoms with van der Waals surface area (Å²) in [5, 5.41) is 3.40. The number of nitrogens with zero attached hydrogens (tertiary/aromatic N) is 1. The number of nitrogens with one attached hydrogen (secondary N) is 2. The van der Waals surface area contributed by atoms with Gasteiger partial charge in [-0.25, -0.2) is 22.9 Å². The molecule has 1 aliphatic carbocycles. The van der Waals surface area contributed by atoms with Crippen LogP contribution in [0.4, 0.5) is 4.79 Å². The highest BCUT2D eigenvalue weighted by molar-refractivity contribution is 7.90. The summed E-state index contributed by atoms with van der Waals surface area (Å²) in [6.07, 6.45) is 5.32. The molecule has 4 rings (SSSR count). The number of amides is 2. The van der Waals surface area contributed by atoms with E-state index < -0.39 is 22.1 Å². The van der Waals surface area contributed by atoms with Gasteiger partial charge in [0.1, 0.15) is 6.10 Å². The van der Waals surface area contributed by atoms with Crippen molar-refractivity contribution in [3.8, 4) is 5.88 Å². The van der Waals surface area contributed by atoms with E-state index in [2.05, 4.69) is 10.3 Å². The van der Waals surface area contributed by atoms with Crippen molar-refractivity contribution < 1.29 is 32.3 Å². The van der Waals surface area contributed by atoms with Gasteiger partial charge in [0.15, 0.2) is 0 Å². The number of carbonyl (C=O) groups excluding carboxylic acids is 3. The Morgan fingerprint density at radius 1 is 0.875 bits per heavy atom. The van der Waals surface area contributed by atoms with Crippen LogP contribution in [0.1, 0.15) is 58.4 Å². The summed E-state index contributed by atoms with van der Waals surface area (Å²) in [4.78, 5) is 40.6. The number of benzene rings is 2. The fourth-order valence-corrected chi connectivity index (χ4v) is 5.20. The van der Waals surface area contributed by atoms with Crippen LogP contribution in [0.2, 0.25) is 5.02 Å². The molecule has 0 bridgehead atoms. The Morgan fingerprint density at radius 3 is 2.20 bits per heavy atom. The largest absolute Gasteiger partial charge is 0.515 e. The van der Waals surface area contributed by atoms with Crippen LogP contribution in [0.5, 0.6) is 5.88 Å². The Labute approximate surface area is 237 Å². The monoisotopic (exact) mass is 585 g/mol. The molecule has 0 saturated heterocycles. The predicted molar refractivity (Wildman–Crippen MR) is 147 cm³/mol. The highest BCUT2D eigenvalue weighted by atomic mass is 35.5. The van der Waals surface area contributed by atoms with E-state index in [0.717, 1.165) is 43.9 Å². The number of hydrogen-bond acceptors (Lipinski definition) is 8. The van der Waals surface area contributed by atoms with E-state index in [1.165, 1.54) is 36.4 Å². The van der Waals surface area contributed by atoms with Gasteiger partial charge in [0.25, 0.3) is 21.8 Å². The number of pyridine rings is 1. The molecule has 0 unspecified atom stereocenters. The van der Waals surface area contributed by atoms with E-state index in [0.29, 0.717) is 18.0 Å². The summed E-state index contributed by atoms with van der Waals surface area (Å²) in [5.74, 6) is -1.37. The first-order valence-electron chi connectivity index (χ1n) is 12.7. The zero-order valence-corrected chi connectivity index (χ0v) is 23.0. The maximum Gasteiger partial charge on any atom is 0.515 e. The van der Waals surface area contributed by atoms with Gasteiger partial charge in [-0.1, -0.05) is 30.2 Å². The molecule has 0 spiro atoms. The van der Waals surface area contributed by atoms with Crippen LogP contribution in [-0.4, -0.2) is 44.0 Å². The Kier molecular flexibility index (Phi) is 9.73. The van der Waals surface area contributed by atoms with E-state index in [-0.39, 0.29) is 33.9 Å². The summed E-state index contributed by atoms with van der Waals surface area (Å²) in [5.41, 5.74) is 1.22. The lowest BCUT2D eigenvalue weighted by molar-refractivity contribution is 0.0407. The third-order valence-corrected chi connectivity index (χ3v) is 7.87. The average Bonchev–Trinajstić information content (AvgIpc) is 2.95. The van der Waals surface area contributed by atoms with Crippen molar-refractivity contribution in [2.75, 3.05) is 6.54 Å². The molecule has 0 atom stereocenters. The number of carbonyl (C=O) groups is 3. The fraction of sp³-hybridized carbons (Fsp3) is 0.286. The molecule has 1 aliphatic rings. The number of hydrogen-bond donors (Lipinski definition) is 2. The van der Waals surface area contributed by atoms with Crippen LogP contribution in [-0.2, 0) is 21.2 Å². The zero-order chi connectivity index (χ0) is 28.5. The quantitative estimate of drug-likeness (QED) is 0.345. The van der Waals surface area contributed by atoms with Crippen LogP contribution in [0.25, 0.3) is 0 Å². The Bertz CT molecular complexity index is 1440. The lowest BCUT2D eigenvalue weighted by atomic mass is 9.98. The van der Waals surface area contributed by atoms with Gasteiger partial charge in [-0.15, -0.1) is 0 Å². The van der Waals surface area contributed by atoms with Crippen molar-refractivity contribution in [1.29, 1.82) is 0 Å². The van der Waals surface area contributed by atoms with E-state index in [1.807, 2.05) is 16.9 Å². The molecule has 2 N–H and O–H groups in total. The van der Waals surface area contributed by atoms with Crippen molar-refractivity contribution in [2.45, 2.75) is 49.5 Å². The van der Waals surface area contributed by atoms with Crippen LogP contribution in [0, 0.1) is 0 Å². The first-order chi connectivity index (χ1) is 19.2. The van der Waals surface area contributed by atoms with Crippen molar-refractivity contribution in [3.63, 3.8) is 0 Å². The first-order valence-corrected chi connectivity index (χ1v) is 14.6. The smallest absolute Gasteiger partial charge is 0.431 e. The molecule has 12 heteroatoms. The van der Waals surface area contributed by atoms with Crippen molar-refractivity contribution in [1.82, 2.24) is 15.0 Å². The van der Waals surface area contributed by atoms with Crippen molar-refractivity contribution >= 4 is 39.6 Å². The van der Waals surface area contributed by atoms with Crippen LogP contribution < -0.4 is 14.8 Å². The summed E-state index contributed by atoms with van der Waals surface area (Å²) < 4.78 is 37.7. The molecule has 2 aromatic carbocycles. The Hall–Kier alpha value is -3.96. The van der Waals surface area contributed by atoms with Gasteiger partial charge in [0, 0.05) is 29.4 Å². The number of aromatic nitrogens is 1. The molecule has 1 fully saturated rings. The van der Waals surface area contributed by atoms with Gasteiger partial charge in [-0.2, -0.15) is 0 Å². The minimum atomic E-state index is -4.23. The topological polar surface area (TPSA) is 141 Å². The summed E-state index contributed by atoms with van der Waals surface area (Å²) in [6, 6.07) is 15.0. The van der Waals surface area contributed by atoms with E-state index in [4.69, 9.17) is 21.1 Å². The molecule has 210 valence electrons. The van der Waals surface area contributed by atoms with E-state index in [1.54, 1.807) is 12.1 Å². The molecular formula is C28H28ClN3O7S. The van der Waals surface area contributed by atoms with Gasteiger partial charge < -0.3 is 14.8 Å². The summed E-state index contributed by atoms with van der Waals surface area (Å²) >= 11 is 5.87. The highest BCUT2D eigenvalue weighted by Gasteiger charge is 2.21. The average molecular weight is 586 g/mol. The molecule has 2 amide bonds. The SMILES string of the molecule is O=C(Oc1ccc(C(=O)NS(=O)(=O)c2ccc(C(=O)NCCc3ccc(Cl)cc3)cc2)cn1)OC1CCCCC1. The molecule has 3 aromatic rings. The molecule has 0 aliphatic heterocycles. The summed E-state index contributed by atoms with van der Waals surface area (Å²) in [7, 11) is -4.23. The second-order valence-corrected chi connectivity index (χ2v) is 11.3. The fourth-order valence-electron chi connectivity index (χ4n) is 4.10. The molecule has 1 heterocycles. The maximum absolute atomic E-state index is 12.7. The van der Waals surface area contributed by atoms with Gasteiger partial charge >= 0.3 is 6.16 Å². The normalized spacial score (nSPS) is 13.7. The minimum Gasteiger partial charge on any atom is -0.431 e. The number of halogens is 1. The molecular weight excluding hydrogens is 558 g/mol. The molecule has 0 radical (unpaired) electrons. The predicted octanol–water partition coefficient (Wildman–Crippen LogP) is 4.67. The van der Waals surface area contributed by atoms with Crippen LogP contribution in [0.15, 0.2) is 71.8 Å². The molecule has 10 nitrogen and oxygen atoms in total. The second-order valence-electron chi connectivity index (χ2n) is 9.21. The third kappa shape index (κ3) is 8.27. The zero-order valence-electron chi connectivity index (χ0n) is 21.5. The van der Waals surface area contributed by atoms with Crippen LogP contribution >= 0.6 is 11.6 Å². The van der Waals surface area contributed by atoms with Gasteiger partial charge in [0.05, 0.1) is 10.5 Å². The number of sulfonamides is 1. The van der Waals surface area contributed by atoms with Gasteiger partial charge in [0.2, 0.25) is 5.88 Å². The summed E-state index contributed by atoms with van der Waals surface area (Å²) in [6.45, 7) is 0.385. The van der Waals surface area contributed by atoms with Crippen molar-refractivity contribution in [2.24, 2.45) is 0 Å². The number of rotatable bonds is 9. The Morgan fingerprint density at radius 2 is 1.55 bits per heavy atom. The van der Waals surface area contributed by atoms with Crippen molar-refractivity contribution in [3.05, 3.63) is 88.6 Å². The molecule has 1 saturated carbocycles. The first kappa shape index (κ1) is 29.0. The highest BCUT2D eigenvalue weighted by Crippen LogP contribution is 2.21. The minimum absolute atomic E-state index is 0.0618. The maximum atomic E-state index is 12.7. The van der Waals surface area contributed by atoms with Gasteiger partial charge in [-0.05, 0) is 80.1 Å². The molecule has 1 aromatic heterocycles. The second kappa shape index (κ2) is 13.4. The lowest BCUT2D eigenvalue weighted by Crippen LogP contribution is -2.31. The van der Waals surface area contributed by atoms with Crippen LogP contribution in [0.3, 0.4) is 0 Å². The Balaban J connectivity index is 1.27. The van der Waals surface area contributed by atoms with E-state index >= 15 is 0 Å². The molecule has 40 heavy (non-hydrogen) atoms. The number of ether oxygens (including phenoxy) is 2. The standard InChI is InChI=1S/C28H28ClN3O7S/c29-22-11-6-19(7-12-22)16-17-30-26(33)20-8-13-24(14-9-20)40(36,37)32-27(34)21-10-15-25(31-18-21)39-28(35)38-23-4-2-1-3-5-23/h6-15,18,23H,1-5,16-17H2,(H,30,33)(H,32,34). The third-order valence-electron chi connectivity index (χ3n) is 6.27. The lowest BCUT2D eigenvalue weighted by Gasteiger charge is -2.20.